The molecule has 4 nitrogen and oxygen atoms in total. The number of hydrogen-bond acceptors (Lipinski definition) is 3. The van der Waals surface area contributed by atoms with E-state index in [0.29, 0.717) is 5.92 Å². The molecule has 1 aliphatic heterocycles. The molecule has 0 aliphatic carbocycles. The molecule has 0 radical (unpaired) electrons. The Morgan fingerprint density at radius 1 is 1.23 bits per heavy atom. The first-order valence-corrected chi connectivity index (χ1v) is 7.91. The number of amides is 1. The summed E-state index contributed by atoms with van der Waals surface area (Å²) in [5.41, 5.74) is 0. The average molecular weight is 298 g/mol. The number of carbonyl (C=O) groups excluding carboxylic acids is 1. The van der Waals surface area contributed by atoms with Crippen LogP contribution in [0.3, 0.4) is 0 Å². The number of nitrogens with one attached hydrogen (secondary N) is 2. The van der Waals surface area contributed by atoms with Gasteiger partial charge in [-0.2, -0.15) is 0 Å². The van der Waals surface area contributed by atoms with Gasteiger partial charge >= 0.3 is 0 Å². The van der Waals surface area contributed by atoms with E-state index in [-0.39, 0.29) is 12.5 Å². The molecule has 4 heteroatoms. The van der Waals surface area contributed by atoms with Gasteiger partial charge in [-0.05, 0) is 43.3 Å². The zero-order chi connectivity index (χ0) is 15.2. The van der Waals surface area contributed by atoms with Gasteiger partial charge in [0.25, 0.3) is 5.91 Å². The molecule has 0 saturated carbocycles. The molecule has 2 N–H and O–H groups in total. The molecule has 1 saturated heterocycles. The van der Waals surface area contributed by atoms with Crippen LogP contribution in [-0.2, 0) is 4.79 Å². The summed E-state index contributed by atoms with van der Waals surface area (Å²) in [7, 11) is 0. The molecule has 22 heavy (non-hydrogen) atoms. The van der Waals surface area contributed by atoms with E-state index in [2.05, 4.69) is 10.6 Å². The predicted octanol–water partition coefficient (Wildman–Crippen LogP) is 2.33. The van der Waals surface area contributed by atoms with E-state index in [4.69, 9.17) is 4.74 Å². The van der Waals surface area contributed by atoms with Crippen molar-refractivity contribution >= 4 is 16.7 Å². The van der Waals surface area contributed by atoms with E-state index in [1.54, 1.807) is 0 Å². The second kappa shape index (κ2) is 7.27. The summed E-state index contributed by atoms with van der Waals surface area (Å²) in [6.07, 6.45) is 2.37. The van der Waals surface area contributed by atoms with Gasteiger partial charge in [0.1, 0.15) is 5.75 Å². The van der Waals surface area contributed by atoms with Gasteiger partial charge < -0.3 is 15.4 Å². The monoisotopic (exact) mass is 298 g/mol. The van der Waals surface area contributed by atoms with Crippen molar-refractivity contribution in [1.82, 2.24) is 10.6 Å². The summed E-state index contributed by atoms with van der Waals surface area (Å²) in [5.74, 6) is 1.24. The molecule has 1 unspecified atom stereocenters. The maximum atomic E-state index is 11.9. The standard InChI is InChI=1S/C18H22N2O2/c21-18(20-12-14-5-4-10-19-11-14)13-22-17-9-3-7-15-6-1-2-8-16(15)17/h1-3,6-9,14,19H,4-5,10-13H2,(H,20,21). The Kier molecular flexibility index (Phi) is 4.91. The third-order valence-corrected chi connectivity index (χ3v) is 4.10. The fraction of sp³-hybridized carbons (Fsp3) is 0.389. The predicted molar refractivity (Wildman–Crippen MR) is 88.0 cm³/mol. The molecular formula is C18H22N2O2. The minimum Gasteiger partial charge on any atom is -0.483 e. The van der Waals surface area contributed by atoms with Crippen molar-refractivity contribution in [3.8, 4) is 5.75 Å². The highest BCUT2D eigenvalue weighted by atomic mass is 16.5. The highest BCUT2D eigenvalue weighted by Gasteiger charge is 2.14. The highest BCUT2D eigenvalue weighted by molar-refractivity contribution is 5.88. The summed E-state index contributed by atoms with van der Waals surface area (Å²) in [4.78, 5) is 11.9. The largest absolute Gasteiger partial charge is 0.483 e. The van der Waals surface area contributed by atoms with Crippen LogP contribution in [0.1, 0.15) is 12.8 Å². The van der Waals surface area contributed by atoms with Gasteiger partial charge in [0.15, 0.2) is 6.61 Å². The van der Waals surface area contributed by atoms with Crippen LogP contribution in [0.2, 0.25) is 0 Å². The Bertz CT molecular complexity index is 631. The number of benzene rings is 2. The van der Waals surface area contributed by atoms with Crippen molar-refractivity contribution in [3.05, 3.63) is 42.5 Å². The Morgan fingerprint density at radius 3 is 2.95 bits per heavy atom. The lowest BCUT2D eigenvalue weighted by atomic mass is 10.00. The van der Waals surface area contributed by atoms with Crippen LogP contribution in [0, 0.1) is 5.92 Å². The van der Waals surface area contributed by atoms with Crippen molar-refractivity contribution in [2.45, 2.75) is 12.8 Å². The topological polar surface area (TPSA) is 50.4 Å². The van der Waals surface area contributed by atoms with Crippen molar-refractivity contribution < 1.29 is 9.53 Å². The number of ether oxygens (including phenoxy) is 1. The summed E-state index contributed by atoms with van der Waals surface area (Å²) >= 11 is 0. The molecule has 116 valence electrons. The van der Waals surface area contributed by atoms with Gasteiger partial charge in [-0.25, -0.2) is 0 Å². The minimum absolute atomic E-state index is 0.0569. The first kappa shape index (κ1) is 14.9. The molecule has 0 bridgehead atoms. The SMILES string of the molecule is O=C(COc1cccc2ccccc12)NCC1CCCNC1. The lowest BCUT2D eigenvalue weighted by Gasteiger charge is -2.22. The van der Waals surface area contributed by atoms with E-state index in [0.717, 1.165) is 36.2 Å². The number of fused-ring (bicyclic) bond motifs is 1. The molecule has 2 aromatic carbocycles. The maximum absolute atomic E-state index is 11.9. The lowest BCUT2D eigenvalue weighted by molar-refractivity contribution is -0.123. The number of rotatable bonds is 5. The quantitative estimate of drug-likeness (QED) is 0.891. The molecule has 1 fully saturated rings. The van der Waals surface area contributed by atoms with Gasteiger partial charge in [-0.1, -0.05) is 36.4 Å². The van der Waals surface area contributed by atoms with Crippen LogP contribution < -0.4 is 15.4 Å². The fourth-order valence-corrected chi connectivity index (χ4v) is 2.87. The van der Waals surface area contributed by atoms with Gasteiger partial charge in [-0.3, -0.25) is 4.79 Å². The number of piperidine rings is 1. The first-order valence-electron chi connectivity index (χ1n) is 7.91. The summed E-state index contributed by atoms with van der Waals surface area (Å²) in [6, 6.07) is 13.9. The Morgan fingerprint density at radius 2 is 2.09 bits per heavy atom. The van der Waals surface area contributed by atoms with E-state index >= 15 is 0 Å². The molecule has 2 aromatic rings. The summed E-state index contributed by atoms with van der Waals surface area (Å²) in [6.45, 7) is 2.87. The normalized spacial score (nSPS) is 18.1. The third kappa shape index (κ3) is 3.77. The molecule has 1 amide bonds. The average Bonchev–Trinajstić information content (AvgIpc) is 2.59. The van der Waals surface area contributed by atoms with Crippen LogP contribution in [-0.4, -0.2) is 32.1 Å². The van der Waals surface area contributed by atoms with E-state index in [1.165, 1.54) is 12.8 Å². The molecule has 1 heterocycles. The van der Waals surface area contributed by atoms with Gasteiger partial charge in [0, 0.05) is 11.9 Å². The fourth-order valence-electron chi connectivity index (χ4n) is 2.87. The van der Waals surface area contributed by atoms with Crippen molar-refractivity contribution in [2.24, 2.45) is 5.92 Å². The minimum atomic E-state index is -0.0569. The zero-order valence-electron chi connectivity index (χ0n) is 12.7. The molecule has 1 aliphatic rings. The molecule has 0 spiro atoms. The summed E-state index contributed by atoms with van der Waals surface area (Å²) in [5, 5.41) is 8.48. The molecule has 0 aromatic heterocycles. The van der Waals surface area contributed by atoms with E-state index < -0.39 is 0 Å². The van der Waals surface area contributed by atoms with Crippen LogP contribution >= 0.6 is 0 Å². The van der Waals surface area contributed by atoms with Crippen molar-refractivity contribution in [2.75, 3.05) is 26.2 Å². The second-order valence-electron chi connectivity index (χ2n) is 5.78. The number of hydrogen-bond donors (Lipinski definition) is 2. The molecule has 1 atom stereocenters. The second-order valence-corrected chi connectivity index (χ2v) is 5.78. The zero-order valence-corrected chi connectivity index (χ0v) is 12.7. The van der Waals surface area contributed by atoms with Gasteiger partial charge in [0.2, 0.25) is 0 Å². The first-order chi connectivity index (χ1) is 10.8. The summed E-state index contributed by atoms with van der Waals surface area (Å²) < 4.78 is 5.69. The van der Waals surface area contributed by atoms with Gasteiger partial charge in [0.05, 0.1) is 0 Å². The van der Waals surface area contributed by atoms with Crippen LogP contribution in [0.5, 0.6) is 5.75 Å². The van der Waals surface area contributed by atoms with Crippen molar-refractivity contribution in [1.29, 1.82) is 0 Å². The maximum Gasteiger partial charge on any atom is 0.257 e. The van der Waals surface area contributed by atoms with E-state index in [9.17, 15) is 4.79 Å². The lowest BCUT2D eigenvalue weighted by Crippen LogP contribution is -2.39. The Hall–Kier alpha value is -2.07. The molecular weight excluding hydrogens is 276 g/mol. The Labute approximate surface area is 130 Å². The van der Waals surface area contributed by atoms with Crippen LogP contribution in [0.4, 0.5) is 0 Å². The highest BCUT2D eigenvalue weighted by Crippen LogP contribution is 2.24. The van der Waals surface area contributed by atoms with E-state index in [1.807, 2.05) is 42.5 Å². The third-order valence-electron chi connectivity index (χ3n) is 4.10. The van der Waals surface area contributed by atoms with Crippen LogP contribution in [0.25, 0.3) is 10.8 Å². The number of carbonyl (C=O) groups is 1. The Balaban J connectivity index is 1.51. The van der Waals surface area contributed by atoms with Gasteiger partial charge in [-0.15, -0.1) is 0 Å². The molecule has 3 rings (SSSR count). The smallest absolute Gasteiger partial charge is 0.257 e. The van der Waals surface area contributed by atoms with Crippen molar-refractivity contribution in [3.63, 3.8) is 0 Å². The van der Waals surface area contributed by atoms with Crippen LogP contribution in [0.15, 0.2) is 42.5 Å².